The Kier molecular flexibility index (Phi) is 3.79. The predicted octanol–water partition coefficient (Wildman–Crippen LogP) is 1.82. The molecule has 1 amide bonds. The van der Waals surface area contributed by atoms with Crippen molar-refractivity contribution in [3.63, 3.8) is 0 Å². The number of carbonyl (C=O) groups excluding carboxylic acids is 1. The number of amides is 1. The molecule has 5 nitrogen and oxygen atoms in total. The minimum Gasteiger partial charge on any atom is -0.381 e. The molecule has 1 aromatic carbocycles. The van der Waals surface area contributed by atoms with Crippen LogP contribution in [-0.4, -0.2) is 19.1 Å². The lowest BCUT2D eigenvalue weighted by Crippen LogP contribution is -2.39. The van der Waals surface area contributed by atoms with Crippen molar-refractivity contribution in [1.82, 2.24) is 0 Å². The highest BCUT2D eigenvalue weighted by Crippen LogP contribution is 2.31. The lowest BCUT2D eigenvalue weighted by Gasteiger charge is -2.29. The van der Waals surface area contributed by atoms with Crippen molar-refractivity contribution in [2.24, 2.45) is 5.41 Å². The first kappa shape index (κ1) is 13.1. The molecule has 0 atom stereocenters. The maximum atomic E-state index is 12.2. The number of nitrogens with zero attached hydrogens (tertiary/aromatic N) is 2. The second-order valence-electron chi connectivity index (χ2n) is 4.45. The van der Waals surface area contributed by atoms with Gasteiger partial charge in [-0.05, 0) is 37.1 Å². The molecule has 1 aliphatic rings. The van der Waals surface area contributed by atoms with Crippen LogP contribution in [0, 0.1) is 28.1 Å². The van der Waals surface area contributed by atoms with Gasteiger partial charge < -0.3 is 10.1 Å². The average molecular weight is 255 g/mol. The third-order valence-electron chi connectivity index (χ3n) is 3.27. The Balaban J connectivity index is 2.11. The summed E-state index contributed by atoms with van der Waals surface area (Å²) in [5.41, 5.74) is 0.107. The Morgan fingerprint density at radius 1 is 1.21 bits per heavy atom. The quantitative estimate of drug-likeness (QED) is 0.873. The highest BCUT2D eigenvalue weighted by atomic mass is 16.5. The Morgan fingerprint density at radius 3 is 2.37 bits per heavy atom. The van der Waals surface area contributed by atoms with E-state index in [0.29, 0.717) is 37.3 Å². The van der Waals surface area contributed by atoms with Gasteiger partial charge in [0.05, 0.1) is 17.7 Å². The van der Waals surface area contributed by atoms with E-state index in [1.165, 1.54) is 0 Å². The van der Waals surface area contributed by atoms with Crippen LogP contribution in [0.5, 0.6) is 0 Å². The van der Waals surface area contributed by atoms with Crippen molar-refractivity contribution >= 4 is 11.6 Å². The summed E-state index contributed by atoms with van der Waals surface area (Å²) in [6.07, 6.45) is 0.817. The van der Waals surface area contributed by atoms with Gasteiger partial charge in [0.1, 0.15) is 5.41 Å². The lowest BCUT2D eigenvalue weighted by atomic mass is 9.81. The SMILES string of the molecule is N#Cc1ccc(NC(=O)C2(C#N)CCOCC2)cc1. The van der Waals surface area contributed by atoms with Gasteiger partial charge in [-0.15, -0.1) is 0 Å². The number of rotatable bonds is 2. The molecule has 1 N–H and O–H groups in total. The van der Waals surface area contributed by atoms with Gasteiger partial charge in [0.15, 0.2) is 0 Å². The number of nitriles is 2. The fourth-order valence-corrected chi connectivity index (χ4v) is 1.99. The number of carbonyl (C=O) groups is 1. The fourth-order valence-electron chi connectivity index (χ4n) is 1.99. The summed E-state index contributed by atoms with van der Waals surface area (Å²) in [6, 6.07) is 10.7. The first-order valence-corrected chi connectivity index (χ1v) is 6.01. The largest absolute Gasteiger partial charge is 0.381 e. The van der Waals surface area contributed by atoms with Crippen molar-refractivity contribution in [3.8, 4) is 12.1 Å². The monoisotopic (exact) mass is 255 g/mol. The Morgan fingerprint density at radius 2 is 1.84 bits per heavy atom. The van der Waals surface area contributed by atoms with Gasteiger partial charge in [0, 0.05) is 18.9 Å². The molecule has 1 aromatic rings. The van der Waals surface area contributed by atoms with E-state index in [2.05, 4.69) is 11.4 Å². The van der Waals surface area contributed by atoms with Gasteiger partial charge in [-0.2, -0.15) is 10.5 Å². The second kappa shape index (κ2) is 5.51. The minimum absolute atomic E-state index is 0.303. The highest BCUT2D eigenvalue weighted by Gasteiger charge is 2.40. The molecule has 19 heavy (non-hydrogen) atoms. The van der Waals surface area contributed by atoms with E-state index in [1.54, 1.807) is 24.3 Å². The maximum Gasteiger partial charge on any atom is 0.245 e. The molecule has 1 heterocycles. The predicted molar refractivity (Wildman–Crippen MR) is 67.9 cm³/mol. The van der Waals surface area contributed by atoms with Gasteiger partial charge >= 0.3 is 0 Å². The molecular weight excluding hydrogens is 242 g/mol. The molecule has 1 fully saturated rings. The molecule has 1 saturated heterocycles. The zero-order valence-electron chi connectivity index (χ0n) is 10.3. The standard InChI is InChI=1S/C14H13N3O2/c15-9-11-1-3-12(4-2-11)17-13(18)14(10-16)5-7-19-8-6-14/h1-4H,5-8H2,(H,17,18). The lowest BCUT2D eigenvalue weighted by molar-refractivity contribution is -0.126. The van der Waals surface area contributed by atoms with Gasteiger partial charge in [0.2, 0.25) is 5.91 Å². The summed E-state index contributed by atoms with van der Waals surface area (Å²) < 4.78 is 5.19. The summed E-state index contributed by atoms with van der Waals surface area (Å²) in [5.74, 6) is -0.303. The average Bonchev–Trinajstić information content (AvgIpc) is 2.48. The van der Waals surface area contributed by atoms with E-state index in [1.807, 2.05) is 6.07 Å². The zero-order chi connectivity index (χ0) is 13.7. The van der Waals surface area contributed by atoms with E-state index in [4.69, 9.17) is 10.00 Å². The number of hydrogen-bond donors (Lipinski definition) is 1. The zero-order valence-corrected chi connectivity index (χ0v) is 10.3. The van der Waals surface area contributed by atoms with Crippen molar-refractivity contribution in [1.29, 1.82) is 10.5 Å². The van der Waals surface area contributed by atoms with Gasteiger partial charge in [-0.25, -0.2) is 0 Å². The molecule has 0 saturated carbocycles. The molecule has 1 aliphatic heterocycles. The van der Waals surface area contributed by atoms with Crippen molar-refractivity contribution in [2.45, 2.75) is 12.8 Å². The summed E-state index contributed by atoms with van der Waals surface area (Å²) in [6.45, 7) is 0.850. The van der Waals surface area contributed by atoms with Gasteiger partial charge in [0.25, 0.3) is 0 Å². The molecule has 0 unspecified atom stereocenters. The third kappa shape index (κ3) is 2.73. The van der Waals surface area contributed by atoms with Crippen molar-refractivity contribution in [2.75, 3.05) is 18.5 Å². The van der Waals surface area contributed by atoms with Crippen LogP contribution in [-0.2, 0) is 9.53 Å². The van der Waals surface area contributed by atoms with Gasteiger partial charge in [-0.3, -0.25) is 4.79 Å². The molecule has 0 aromatic heterocycles. The minimum atomic E-state index is -1.01. The fraction of sp³-hybridized carbons (Fsp3) is 0.357. The molecule has 5 heteroatoms. The molecule has 0 aliphatic carbocycles. The van der Waals surface area contributed by atoms with E-state index in [9.17, 15) is 10.1 Å². The van der Waals surface area contributed by atoms with Crippen LogP contribution in [0.3, 0.4) is 0 Å². The maximum absolute atomic E-state index is 12.2. The number of hydrogen-bond acceptors (Lipinski definition) is 4. The van der Waals surface area contributed by atoms with Crippen LogP contribution >= 0.6 is 0 Å². The molecule has 0 bridgehead atoms. The molecule has 0 radical (unpaired) electrons. The van der Waals surface area contributed by atoms with Crippen LogP contribution in [0.1, 0.15) is 18.4 Å². The van der Waals surface area contributed by atoms with Crippen LogP contribution in [0.15, 0.2) is 24.3 Å². The summed E-state index contributed by atoms with van der Waals surface area (Å²) in [4.78, 5) is 12.2. The van der Waals surface area contributed by atoms with Crippen LogP contribution < -0.4 is 5.32 Å². The van der Waals surface area contributed by atoms with E-state index >= 15 is 0 Å². The first-order valence-electron chi connectivity index (χ1n) is 6.01. The topological polar surface area (TPSA) is 85.9 Å². The van der Waals surface area contributed by atoms with Gasteiger partial charge in [-0.1, -0.05) is 0 Å². The van der Waals surface area contributed by atoms with Crippen LogP contribution in [0.2, 0.25) is 0 Å². The van der Waals surface area contributed by atoms with E-state index < -0.39 is 5.41 Å². The number of benzene rings is 1. The molecule has 0 spiro atoms. The first-order chi connectivity index (χ1) is 9.20. The normalized spacial score (nSPS) is 16.9. The van der Waals surface area contributed by atoms with Crippen molar-refractivity contribution in [3.05, 3.63) is 29.8 Å². The number of anilines is 1. The van der Waals surface area contributed by atoms with Crippen LogP contribution in [0.25, 0.3) is 0 Å². The van der Waals surface area contributed by atoms with E-state index in [-0.39, 0.29) is 5.91 Å². The molecular formula is C14H13N3O2. The third-order valence-corrected chi connectivity index (χ3v) is 3.27. The smallest absolute Gasteiger partial charge is 0.245 e. The Bertz CT molecular complexity index is 546. The summed E-state index contributed by atoms with van der Waals surface area (Å²) in [7, 11) is 0. The second-order valence-corrected chi connectivity index (χ2v) is 4.45. The van der Waals surface area contributed by atoms with Crippen LogP contribution in [0.4, 0.5) is 5.69 Å². The molecule has 96 valence electrons. The Hall–Kier alpha value is -2.37. The molecule has 2 rings (SSSR count). The van der Waals surface area contributed by atoms with E-state index in [0.717, 1.165) is 0 Å². The highest BCUT2D eigenvalue weighted by molar-refractivity contribution is 5.97. The van der Waals surface area contributed by atoms with Crippen molar-refractivity contribution < 1.29 is 9.53 Å². The summed E-state index contributed by atoms with van der Waals surface area (Å²) >= 11 is 0. The number of ether oxygens (including phenoxy) is 1. The Labute approximate surface area is 111 Å². The number of nitrogens with one attached hydrogen (secondary N) is 1. The summed E-state index contributed by atoms with van der Waals surface area (Å²) in [5, 5.41) is 20.7.